The van der Waals surface area contributed by atoms with Crippen molar-refractivity contribution >= 4 is 17.9 Å². The summed E-state index contributed by atoms with van der Waals surface area (Å²) in [4.78, 5) is 41.0. The minimum Gasteiger partial charge on any atom is -0.444 e. The Hall–Kier alpha value is -2.84. The number of aryl methyl sites for hydroxylation is 1. The number of nitrogens with one attached hydrogen (secondary N) is 1. The Balaban J connectivity index is 1.69. The number of rotatable bonds is 4. The van der Waals surface area contributed by atoms with Gasteiger partial charge in [-0.2, -0.15) is 5.10 Å². The number of ether oxygens (including phenoxy) is 1. The van der Waals surface area contributed by atoms with Crippen LogP contribution in [-0.4, -0.2) is 75.3 Å². The molecule has 2 atom stereocenters. The summed E-state index contributed by atoms with van der Waals surface area (Å²) in [6.07, 6.45) is 3.81. The van der Waals surface area contributed by atoms with Crippen LogP contribution in [-0.2, 0) is 21.4 Å². The molecule has 0 aromatic carbocycles. The van der Waals surface area contributed by atoms with Crippen LogP contribution >= 0.6 is 0 Å². The molecule has 9 heteroatoms. The Morgan fingerprint density at radius 3 is 2.42 bits per heavy atom. The fraction of sp³-hybridized carbons (Fsp3) is 0.636. The summed E-state index contributed by atoms with van der Waals surface area (Å²) >= 11 is 0. The number of carbonyl (C=O) groups excluding carboxylic acids is 3. The van der Waals surface area contributed by atoms with Gasteiger partial charge in [-0.15, -0.1) is 0 Å². The first-order valence-electron chi connectivity index (χ1n) is 10.8. The van der Waals surface area contributed by atoms with Crippen LogP contribution in [0.5, 0.6) is 0 Å². The SMILES string of the molecule is C=CC(=O)N1CCC(C(=O)N2C[C@@H](NC(=O)OC(C)(C)C)[C@H](c3ccnn3C)C2)CC1. The van der Waals surface area contributed by atoms with Gasteiger partial charge in [-0.3, -0.25) is 14.3 Å². The van der Waals surface area contributed by atoms with E-state index in [-0.39, 0.29) is 29.7 Å². The Bertz CT molecular complexity index is 835. The molecule has 1 aromatic rings. The van der Waals surface area contributed by atoms with E-state index < -0.39 is 11.7 Å². The standard InChI is InChI=1S/C22H33N5O4/c1-6-19(28)26-11-8-15(9-12-26)20(29)27-13-16(18-7-10-23-25(18)5)17(14-27)24-21(30)31-22(2,3)4/h6-7,10,15-17H,1,8-9,11-14H2,2-5H3,(H,24,30)/t16-,17-/m1/s1. The number of piperidine rings is 1. The van der Waals surface area contributed by atoms with Crippen molar-refractivity contribution in [3.8, 4) is 0 Å². The van der Waals surface area contributed by atoms with Crippen LogP contribution in [0.1, 0.15) is 45.2 Å². The summed E-state index contributed by atoms with van der Waals surface area (Å²) in [6.45, 7) is 11.0. The van der Waals surface area contributed by atoms with Gasteiger partial charge in [0.1, 0.15) is 5.60 Å². The van der Waals surface area contributed by atoms with Crippen molar-refractivity contribution in [3.63, 3.8) is 0 Å². The Morgan fingerprint density at radius 1 is 1.19 bits per heavy atom. The van der Waals surface area contributed by atoms with Crippen molar-refractivity contribution in [2.24, 2.45) is 13.0 Å². The maximum Gasteiger partial charge on any atom is 0.407 e. The fourth-order valence-corrected chi connectivity index (χ4v) is 4.37. The maximum absolute atomic E-state index is 13.2. The third-order valence-electron chi connectivity index (χ3n) is 5.90. The molecule has 0 aliphatic carbocycles. The zero-order valence-electron chi connectivity index (χ0n) is 18.8. The number of alkyl carbamates (subject to hydrolysis) is 1. The molecule has 0 spiro atoms. The van der Waals surface area contributed by atoms with E-state index in [9.17, 15) is 14.4 Å². The van der Waals surface area contributed by atoms with Crippen molar-refractivity contribution in [3.05, 3.63) is 30.6 Å². The molecule has 3 rings (SSSR count). The molecule has 1 aromatic heterocycles. The predicted molar refractivity (Wildman–Crippen MR) is 115 cm³/mol. The van der Waals surface area contributed by atoms with Gasteiger partial charge in [-0.25, -0.2) is 4.79 Å². The van der Waals surface area contributed by atoms with Gasteiger partial charge >= 0.3 is 6.09 Å². The largest absolute Gasteiger partial charge is 0.444 e. The van der Waals surface area contributed by atoms with E-state index in [1.54, 1.807) is 15.8 Å². The lowest BCUT2D eigenvalue weighted by Crippen LogP contribution is -2.45. The van der Waals surface area contributed by atoms with Crippen molar-refractivity contribution in [1.82, 2.24) is 24.9 Å². The van der Waals surface area contributed by atoms with E-state index >= 15 is 0 Å². The number of amides is 3. The predicted octanol–water partition coefficient (Wildman–Crippen LogP) is 1.66. The van der Waals surface area contributed by atoms with Crippen LogP contribution in [0.2, 0.25) is 0 Å². The zero-order chi connectivity index (χ0) is 22.8. The van der Waals surface area contributed by atoms with Crippen molar-refractivity contribution in [2.75, 3.05) is 26.2 Å². The molecule has 0 saturated carbocycles. The van der Waals surface area contributed by atoms with Gasteiger partial charge in [0.05, 0.1) is 6.04 Å². The fourth-order valence-electron chi connectivity index (χ4n) is 4.37. The van der Waals surface area contributed by atoms with E-state index in [0.29, 0.717) is 39.0 Å². The Kier molecular flexibility index (Phi) is 6.71. The van der Waals surface area contributed by atoms with Crippen molar-refractivity contribution in [2.45, 2.75) is 51.2 Å². The molecule has 3 amide bonds. The number of likely N-dealkylation sites (tertiary alicyclic amines) is 2. The molecule has 0 radical (unpaired) electrons. The smallest absolute Gasteiger partial charge is 0.407 e. The topological polar surface area (TPSA) is 96.8 Å². The van der Waals surface area contributed by atoms with Crippen LogP contribution in [0.4, 0.5) is 4.79 Å². The van der Waals surface area contributed by atoms with Gasteiger partial charge in [-0.05, 0) is 45.8 Å². The van der Waals surface area contributed by atoms with Crippen LogP contribution < -0.4 is 5.32 Å². The number of hydrogen-bond acceptors (Lipinski definition) is 5. The number of nitrogens with zero attached hydrogens (tertiary/aromatic N) is 4. The number of aromatic nitrogens is 2. The molecule has 2 aliphatic heterocycles. The second kappa shape index (κ2) is 9.11. The summed E-state index contributed by atoms with van der Waals surface area (Å²) in [6, 6.07) is 1.65. The minimum absolute atomic E-state index is 0.0753. The summed E-state index contributed by atoms with van der Waals surface area (Å²) in [5.41, 5.74) is 0.361. The normalized spacial score (nSPS) is 22.3. The molecular formula is C22H33N5O4. The first-order valence-corrected chi connectivity index (χ1v) is 10.8. The van der Waals surface area contributed by atoms with Crippen molar-refractivity contribution in [1.29, 1.82) is 0 Å². The maximum atomic E-state index is 13.2. The number of carbonyl (C=O) groups is 3. The van der Waals surface area contributed by atoms with E-state index in [4.69, 9.17) is 4.74 Å². The van der Waals surface area contributed by atoms with E-state index in [0.717, 1.165) is 5.69 Å². The molecule has 2 aliphatic rings. The van der Waals surface area contributed by atoms with Gasteiger partial charge in [-0.1, -0.05) is 6.58 Å². The quantitative estimate of drug-likeness (QED) is 0.732. The van der Waals surface area contributed by atoms with Crippen LogP contribution in [0, 0.1) is 5.92 Å². The number of hydrogen-bond donors (Lipinski definition) is 1. The highest BCUT2D eigenvalue weighted by atomic mass is 16.6. The van der Waals surface area contributed by atoms with Gasteiger partial charge in [0.25, 0.3) is 0 Å². The highest BCUT2D eigenvalue weighted by molar-refractivity contribution is 5.87. The lowest BCUT2D eigenvalue weighted by molar-refractivity contribution is -0.138. The lowest BCUT2D eigenvalue weighted by atomic mass is 9.95. The first kappa shape index (κ1) is 22.8. The molecule has 0 bridgehead atoms. The monoisotopic (exact) mass is 431 g/mol. The molecule has 170 valence electrons. The molecule has 1 N–H and O–H groups in total. The highest BCUT2D eigenvalue weighted by Gasteiger charge is 2.41. The van der Waals surface area contributed by atoms with Gasteiger partial charge in [0, 0.05) is 57.0 Å². The van der Waals surface area contributed by atoms with Gasteiger partial charge < -0.3 is 19.9 Å². The Morgan fingerprint density at radius 2 is 1.87 bits per heavy atom. The molecule has 0 unspecified atom stereocenters. The first-order chi connectivity index (χ1) is 14.6. The molecule has 31 heavy (non-hydrogen) atoms. The zero-order valence-corrected chi connectivity index (χ0v) is 18.8. The second-order valence-corrected chi connectivity index (χ2v) is 9.29. The average Bonchev–Trinajstić information content (AvgIpc) is 3.31. The Labute approximate surface area is 183 Å². The molecule has 3 heterocycles. The third kappa shape index (κ3) is 5.45. The van der Waals surface area contributed by atoms with Crippen molar-refractivity contribution < 1.29 is 19.1 Å². The van der Waals surface area contributed by atoms with Crippen LogP contribution in [0.15, 0.2) is 24.9 Å². The van der Waals surface area contributed by atoms with E-state index in [1.165, 1.54) is 6.08 Å². The molecular weight excluding hydrogens is 398 g/mol. The van der Waals surface area contributed by atoms with Gasteiger partial charge in [0.2, 0.25) is 11.8 Å². The summed E-state index contributed by atoms with van der Waals surface area (Å²) < 4.78 is 7.21. The summed E-state index contributed by atoms with van der Waals surface area (Å²) in [5, 5.41) is 7.21. The van der Waals surface area contributed by atoms with Crippen LogP contribution in [0.3, 0.4) is 0 Å². The third-order valence-corrected chi connectivity index (χ3v) is 5.90. The summed E-state index contributed by atoms with van der Waals surface area (Å²) in [5.74, 6) is -0.218. The van der Waals surface area contributed by atoms with E-state index in [1.807, 2.05) is 38.8 Å². The van der Waals surface area contributed by atoms with E-state index in [2.05, 4.69) is 17.0 Å². The minimum atomic E-state index is -0.600. The lowest BCUT2D eigenvalue weighted by Gasteiger charge is -2.32. The van der Waals surface area contributed by atoms with Crippen LogP contribution in [0.25, 0.3) is 0 Å². The van der Waals surface area contributed by atoms with Gasteiger partial charge in [0.15, 0.2) is 0 Å². The second-order valence-electron chi connectivity index (χ2n) is 9.29. The molecule has 9 nitrogen and oxygen atoms in total. The molecule has 2 fully saturated rings. The average molecular weight is 432 g/mol. The molecule has 2 saturated heterocycles. The summed E-state index contributed by atoms with van der Waals surface area (Å²) in [7, 11) is 1.86. The highest BCUT2D eigenvalue weighted by Crippen LogP contribution is 2.30.